The summed E-state index contributed by atoms with van der Waals surface area (Å²) in [6, 6.07) is 5.26. The van der Waals surface area contributed by atoms with E-state index in [4.69, 9.17) is 40.2 Å². The summed E-state index contributed by atoms with van der Waals surface area (Å²) in [5.74, 6) is 0.466. The first kappa shape index (κ1) is 13.4. The Hall–Kier alpha value is -1.04. The number of nitrogens with zero attached hydrogens (tertiary/aromatic N) is 1. The number of nitrogens with one attached hydrogen (secondary N) is 2. The average molecular weight is 304 g/mol. The molecule has 96 valence electrons. The quantitative estimate of drug-likeness (QED) is 0.783. The number of thiocarbonyl (C=S) groups is 1. The van der Waals surface area contributed by atoms with Crippen LogP contribution in [0.4, 0.5) is 0 Å². The Balaban J connectivity index is 2.23. The highest BCUT2D eigenvalue weighted by Crippen LogP contribution is 2.27. The lowest BCUT2D eigenvalue weighted by atomic mass is 10.2. The van der Waals surface area contributed by atoms with Gasteiger partial charge in [-0.3, -0.25) is 5.32 Å². The van der Waals surface area contributed by atoms with Gasteiger partial charge in [0, 0.05) is 5.02 Å². The van der Waals surface area contributed by atoms with Gasteiger partial charge in [0.05, 0.1) is 5.02 Å². The Labute approximate surface area is 120 Å². The van der Waals surface area contributed by atoms with Crippen molar-refractivity contribution in [3.05, 3.63) is 28.2 Å². The minimum Gasteiger partial charge on any atom is -0.424 e. The van der Waals surface area contributed by atoms with E-state index in [1.807, 2.05) is 13.8 Å². The first-order valence-corrected chi connectivity index (χ1v) is 6.34. The number of benzene rings is 1. The average Bonchev–Trinajstić information content (AvgIpc) is 2.19. The first-order chi connectivity index (χ1) is 8.35. The molecule has 0 amide bonds. The molecule has 0 atom stereocenters. The Bertz CT molecular complexity index is 531. The van der Waals surface area contributed by atoms with E-state index < -0.39 is 5.66 Å². The van der Waals surface area contributed by atoms with E-state index in [1.165, 1.54) is 0 Å². The van der Waals surface area contributed by atoms with Gasteiger partial charge in [-0.25, -0.2) is 4.99 Å². The van der Waals surface area contributed by atoms with Crippen molar-refractivity contribution >= 4 is 46.6 Å². The molecule has 2 N–H and O–H groups in total. The zero-order valence-electron chi connectivity index (χ0n) is 9.75. The van der Waals surface area contributed by atoms with Gasteiger partial charge in [-0.05, 0) is 44.3 Å². The molecular formula is C11H11Cl2N3OS. The zero-order chi connectivity index (χ0) is 13.3. The highest BCUT2D eigenvalue weighted by Gasteiger charge is 2.25. The van der Waals surface area contributed by atoms with Crippen LogP contribution in [0.5, 0.6) is 5.75 Å². The lowest BCUT2D eigenvalue weighted by Crippen LogP contribution is -2.55. The summed E-state index contributed by atoms with van der Waals surface area (Å²) in [6.07, 6.45) is 0. The lowest BCUT2D eigenvalue weighted by Gasteiger charge is -2.29. The fourth-order valence-corrected chi connectivity index (χ4v) is 2.21. The van der Waals surface area contributed by atoms with E-state index in [2.05, 4.69) is 15.6 Å². The van der Waals surface area contributed by atoms with Gasteiger partial charge < -0.3 is 10.1 Å². The van der Waals surface area contributed by atoms with Crippen LogP contribution in [0.1, 0.15) is 13.8 Å². The second kappa shape index (κ2) is 4.91. The molecular weight excluding hydrogens is 293 g/mol. The molecule has 1 aliphatic heterocycles. The van der Waals surface area contributed by atoms with E-state index in [-0.39, 0.29) is 0 Å². The summed E-state index contributed by atoms with van der Waals surface area (Å²) in [6.45, 7) is 3.76. The Morgan fingerprint density at radius 3 is 2.67 bits per heavy atom. The largest absolute Gasteiger partial charge is 0.424 e. The van der Waals surface area contributed by atoms with Gasteiger partial charge >= 0.3 is 0 Å². The third-order valence-corrected chi connectivity index (χ3v) is 2.86. The highest BCUT2D eigenvalue weighted by atomic mass is 35.5. The maximum Gasteiger partial charge on any atom is 0.298 e. The second-order valence-corrected chi connectivity index (χ2v) is 5.48. The summed E-state index contributed by atoms with van der Waals surface area (Å²) in [5, 5.41) is 7.22. The number of aliphatic imine (C=N–C) groups is 1. The molecule has 1 aromatic carbocycles. The monoisotopic (exact) mass is 303 g/mol. The van der Waals surface area contributed by atoms with Gasteiger partial charge in [-0.15, -0.1) is 0 Å². The van der Waals surface area contributed by atoms with Gasteiger partial charge in [0.1, 0.15) is 11.4 Å². The highest BCUT2D eigenvalue weighted by molar-refractivity contribution is 7.80. The van der Waals surface area contributed by atoms with Crippen LogP contribution in [0.25, 0.3) is 0 Å². The second-order valence-electron chi connectivity index (χ2n) is 4.23. The fourth-order valence-electron chi connectivity index (χ4n) is 1.43. The summed E-state index contributed by atoms with van der Waals surface area (Å²) in [7, 11) is 0. The predicted octanol–water partition coefficient (Wildman–Crippen LogP) is 2.94. The van der Waals surface area contributed by atoms with Crippen LogP contribution in [0.2, 0.25) is 10.0 Å². The van der Waals surface area contributed by atoms with Crippen molar-refractivity contribution in [1.82, 2.24) is 10.6 Å². The lowest BCUT2D eigenvalue weighted by molar-refractivity contribution is 0.431. The Kier molecular flexibility index (Phi) is 3.66. The van der Waals surface area contributed by atoms with Crippen LogP contribution >= 0.6 is 35.4 Å². The maximum atomic E-state index is 6.02. The minimum absolute atomic E-state index is 0.299. The molecule has 1 aliphatic rings. The summed E-state index contributed by atoms with van der Waals surface area (Å²) in [5.41, 5.74) is -0.517. The molecule has 0 saturated heterocycles. The number of rotatable bonds is 1. The van der Waals surface area contributed by atoms with Gasteiger partial charge in [0.2, 0.25) is 0 Å². The molecule has 0 aliphatic carbocycles. The van der Waals surface area contributed by atoms with E-state index in [0.29, 0.717) is 26.9 Å². The van der Waals surface area contributed by atoms with Crippen LogP contribution in [0, 0.1) is 0 Å². The molecule has 1 heterocycles. The molecule has 0 bridgehead atoms. The predicted molar refractivity (Wildman–Crippen MR) is 77.5 cm³/mol. The molecule has 18 heavy (non-hydrogen) atoms. The van der Waals surface area contributed by atoms with E-state index in [1.54, 1.807) is 18.2 Å². The topological polar surface area (TPSA) is 45.6 Å². The fraction of sp³-hybridized carbons (Fsp3) is 0.273. The minimum atomic E-state index is -0.517. The molecule has 0 radical (unpaired) electrons. The van der Waals surface area contributed by atoms with Crippen molar-refractivity contribution in [1.29, 1.82) is 0 Å². The van der Waals surface area contributed by atoms with Gasteiger partial charge in [0.25, 0.3) is 6.02 Å². The zero-order valence-corrected chi connectivity index (χ0v) is 12.1. The molecule has 0 aromatic heterocycles. The van der Waals surface area contributed by atoms with Gasteiger partial charge in [0.15, 0.2) is 5.11 Å². The Morgan fingerprint density at radius 2 is 2.06 bits per heavy atom. The van der Waals surface area contributed by atoms with Crippen LogP contribution in [-0.4, -0.2) is 16.8 Å². The van der Waals surface area contributed by atoms with Crippen molar-refractivity contribution in [2.75, 3.05) is 0 Å². The molecule has 1 aromatic rings. The van der Waals surface area contributed by atoms with Crippen molar-refractivity contribution in [2.24, 2.45) is 4.99 Å². The molecule has 7 heteroatoms. The van der Waals surface area contributed by atoms with Gasteiger partial charge in [-0.2, -0.15) is 0 Å². The molecule has 2 rings (SSSR count). The maximum absolute atomic E-state index is 6.02. The summed E-state index contributed by atoms with van der Waals surface area (Å²) >= 11 is 16.9. The van der Waals surface area contributed by atoms with Crippen molar-refractivity contribution in [2.45, 2.75) is 19.5 Å². The van der Waals surface area contributed by atoms with Crippen LogP contribution in [0.3, 0.4) is 0 Å². The third-order valence-electron chi connectivity index (χ3n) is 2.12. The number of halogens is 2. The first-order valence-electron chi connectivity index (χ1n) is 5.18. The van der Waals surface area contributed by atoms with Crippen molar-refractivity contribution in [3.63, 3.8) is 0 Å². The number of hydrogen-bond donors (Lipinski definition) is 2. The molecule has 0 spiro atoms. The number of hydrogen-bond acceptors (Lipinski definition) is 3. The van der Waals surface area contributed by atoms with E-state index >= 15 is 0 Å². The van der Waals surface area contributed by atoms with E-state index in [0.717, 1.165) is 0 Å². The molecule has 4 nitrogen and oxygen atoms in total. The van der Waals surface area contributed by atoms with Crippen LogP contribution < -0.4 is 15.4 Å². The summed E-state index contributed by atoms with van der Waals surface area (Å²) in [4.78, 5) is 4.32. The molecule has 0 saturated carbocycles. The van der Waals surface area contributed by atoms with Gasteiger partial charge in [-0.1, -0.05) is 23.2 Å². The van der Waals surface area contributed by atoms with Crippen molar-refractivity contribution in [3.8, 4) is 5.75 Å². The smallest absolute Gasteiger partial charge is 0.298 e. The number of amidine groups is 1. The van der Waals surface area contributed by atoms with Crippen LogP contribution in [0.15, 0.2) is 23.2 Å². The normalized spacial score (nSPS) is 17.6. The standard InChI is InChI=1S/C11H11Cl2N3OS/c1-11(2)15-9(14-10(18)16-11)17-8-4-3-6(12)5-7(8)13/h3-5H,1-2H3,(H2,14,15,16,18). The summed E-state index contributed by atoms with van der Waals surface area (Å²) < 4.78 is 5.57. The van der Waals surface area contributed by atoms with E-state index in [9.17, 15) is 0 Å². The number of ether oxygens (including phenoxy) is 1. The molecule has 0 unspecified atom stereocenters. The van der Waals surface area contributed by atoms with Crippen molar-refractivity contribution < 1.29 is 4.74 Å². The third kappa shape index (κ3) is 3.25. The molecule has 0 fully saturated rings. The SMILES string of the molecule is CC1(C)N=C(Oc2ccc(Cl)cc2Cl)NC(=S)N1. The van der Waals surface area contributed by atoms with Crippen LogP contribution in [-0.2, 0) is 0 Å². The Morgan fingerprint density at radius 1 is 1.33 bits per heavy atom.